The van der Waals surface area contributed by atoms with Crippen LogP contribution in [0.15, 0.2) is 30.3 Å². The van der Waals surface area contributed by atoms with Crippen LogP contribution < -0.4 is 0 Å². The predicted molar refractivity (Wildman–Crippen MR) is 60.0 cm³/mol. The molecule has 0 bridgehead atoms. The Morgan fingerprint density at radius 3 is 1.42 bits per heavy atom. The van der Waals surface area contributed by atoms with Crippen molar-refractivity contribution in [1.82, 2.24) is 4.90 Å². The summed E-state index contributed by atoms with van der Waals surface area (Å²) in [6.07, 6.45) is 0. The Bertz CT molecular complexity index is 369. The van der Waals surface area contributed by atoms with E-state index in [1.165, 1.54) is 5.56 Å². The number of hydrogen-bond acceptors (Lipinski definition) is 1. The Morgan fingerprint density at radius 2 is 1.16 bits per heavy atom. The summed E-state index contributed by atoms with van der Waals surface area (Å²) in [6.45, 7) is 18.0. The van der Waals surface area contributed by atoms with Crippen LogP contribution in [0.4, 0.5) is 0 Å². The third-order valence-electron chi connectivity index (χ3n) is 1.39. The van der Waals surface area contributed by atoms with Gasteiger partial charge in [0.05, 0.1) is 0 Å². The van der Waals surface area contributed by atoms with Gasteiger partial charge in [-0.2, -0.15) is 0 Å². The maximum atomic E-state index is 7.50. The van der Waals surface area contributed by atoms with Gasteiger partial charge in [0.15, 0.2) is 0 Å². The van der Waals surface area contributed by atoms with Crippen molar-refractivity contribution in [3.8, 4) is 0 Å². The summed E-state index contributed by atoms with van der Waals surface area (Å²) in [5, 5.41) is 0. The SMILES string of the molecule is CN(C)[C](=[Fe])c1ccccc1.[C-]#[O+].[C-]#[O+].[C-]#[O+].[C-]#[O+]. The fourth-order valence-corrected chi connectivity index (χ4v) is 1.01. The summed E-state index contributed by atoms with van der Waals surface area (Å²) >= 11 is 3.95. The number of rotatable bonds is 2. The zero-order valence-corrected chi connectivity index (χ0v) is 11.4. The first-order chi connectivity index (χ1) is 9.22. The number of nitrogens with zero attached hydrogens (tertiary/aromatic N) is 1. The monoisotopic (exact) mass is 301 g/mol. The normalized spacial score (nSPS) is 6.32. The summed E-state index contributed by atoms with van der Waals surface area (Å²) < 4.78 is 31.0. The summed E-state index contributed by atoms with van der Waals surface area (Å²) in [6, 6.07) is 10.2. The molecule has 1 aromatic carbocycles. The minimum absolute atomic E-state index is 1.05. The molecule has 19 heavy (non-hydrogen) atoms. The summed E-state index contributed by atoms with van der Waals surface area (Å²) in [5.41, 5.74) is 1.18. The van der Waals surface area contributed by atoms with Crippen molar-refractivity contribution >= 4 is 4.54 Å². The summed E-state index contributed by atoms with van der Waals surface area (Å²) in [7, 11) is 3.99. The average Bonchev–Trinajstić information content (AvgIpc) is 2.55. The Balaban J connectivity index is -0.000000121. The van der Waals surface area contributed by atoms with Gasteiger partial charge in [-0.1, -0.05) is 0 Å². The molecule has 0 fully saturated rings. The van der Waals surface area contributed by atoms with E-state index < -0.39 is 0 Å². The molecule has 0 aliphatic carbocycles. The van der Waals surface area contributed by atoms with Gasteiger partial charge in [-0.05, 0) is 0 Å². The second-order valence-corrected chi connectivity index (χ2v) is 3.06. The molecule has 0 aliphatic rings. The van der Waals surface area contributed by atoms with Gasteiger partial charge in [0.1, 0.15) is 0 Å². The molecule has 5 nitrogen and oxygen atoms in total. The van der Waals surface area contributed by atoms with E-state index >= 15 is 0 Å². The fraction of sp³-hybridized carbons (Fsp3) is 0.154. The van der Waals surface area contributed by atoms with Crippen LogP contribution in [0.2, 0.25) is 0 Å². The van der Waals surface area contributed by atoms with E-state index in [0.29, 0.717) is 0 Å². The molecule has 0 atom stereocenters. The van der Waals surface area contributed by atoms with Gasteiger partial charge in [-0.3, -0.25) is 0 Å². The number of hydrogen-bond donors (Lipinski definition) is 0. The third kappa shape index (κ3) is 16.5. The Kier molecular flexibility index (Phi) is 35.0. The van der Waals surface area contributed by atoms with Gasteiger partial charge in [-0.25, -0.2) is 0 Å². The molecule has 1 aromatic rings. The van der Waals surface area contributed by atoms with Crippen LogP contribution in [0.5, 0.6) is 0 Å². The topological polar surface area (TPSA) is 82.8 Å². The summed E-state index contributed by atoms with van der Waals surface area (Å²) in [5.74, 6) is 0. The second-order valence-electron chi connectivity index (χ2n) is 2.54. The quantitative estimate of drug-likeness (QED) is 0.458. The molecule has 0 radical (unpaired) electrons. The van der Waals surface area contributed by atoms with Gasteiger partial charge in [0.25, 0.3) is 0 Å². The van der Waals surface area contributed by atoms with Crippen molar-refractivity contribution in [2.45, 2.75) is 0 Å². The zero-order valence-electron chi connectivity index (χ0n) is 10.3. The van der Waals surface area contributed by atoms with Crippen LogP contribution in [0.3, 0.4) is 0 Å². The van der Waals surface area contributed by atoms with Crippen molar-refractivity contribution in [3.63, 3.8) is 0 Å². The van der Waals surface area contributed by atoms with Crippen LogP contribution in [0, 0.1) is 26.6 Å². The van der Waals surface area contributed by atoms with Crippen LogP contribution in [0.25, 0.3) is 0 Å². The first kappa shape index (κ1) is 26.2. The molecule has 0 N–H and O–H groups in total. The Labute approximate surface area is 120 Å². The van der Waals surface area contributed by atoms with E-state index in [0.717, 1.165) is 4.54 Å². The molecule has 0 aromatic heterocycles. The predicted octanol–water partition coefficient (Wildman–Crippen LogP) is 1.12. The molecule has 100 valence electrons. The first-order valence-corrected chi connectivity index (χ1v) is 4.82. The van der Waals surface area contributed by atoms with E-state index in [1.54, 1.807) is 0 Å². The number of benzene rings is 1. The Hall–Kier alpha value is -1.47. The molecule has 0 saturated carbocycles. The first-order valence-electron chi connectivity index (χ1n) is 4.27. The standard InChI is InChI=1S/C9H11N.4CO.Fe/c1-10(2)8-9-6-4-3-5-7-9;4*1-2;/h3-7H,1-2H3;;;;;. The third-order valence-corrected chi connectivity index (χ3v) is 2.20. The molecular weight excluding hydrogens is 290 g/mol. The molecule has 0 aliphatic heterocycles. The average molecular weight is 301 g/mol. The fourth-order valence-electron chi connectivity index (χ4n) is 0.830. The van der Waals surface area contributed by atoms with Gasteiger partial charge < -0.3 is 0 Å². The van der Waals surface area contributed by atoms with Crippen LogP contribution in [-0.2, 0) is 34.2 Å². The van der Waals surface area contributed by atoms with E-state index in [4.69, 9.17) is 18.6 Å². The molecule has 0 heterocycles. The van der Waals surface area contributed by atoms with Crippen molar-refractivity contribution in [2.24, 2.45) is 0 Å². The van der Waals surface area contributed by atoms with E-state index in [9.17, 15) is 0 Å². The Morgan fingerprint density at radius 1 is 0.842 bits per heavy atom. The van der Waals surface area contributed by atoms with Crippen molar-refractivity contribution in [3.05, 3.63) is 62.5 Å². The van der Waals surface area contributed by atoms with Gasteiger partial charge in [0, 0.05) is 0 Å². The summed E-state index contributed by atoms with van der Waals surface area (Å²) in [4.78, 5) is 2.01. The maximum absolute atomic E-state index is 7.50. The van der Waals surface area contributed by atoms with Crippen LogP contribution >= 0.6 is 0 Å². The second kappa shape index (κ2) is 25.4. The van der Waals surface area contributed by atoms with E-state index in [-0.39, 0.29) is 0 Å². The molecular formula is C13H11FeNO4. The molecule has 0 amide bonds. The van der Waals surface area contributed by atoms with Gasteiger partial charge in [-0.15, -0.1) is 0 Å². The van der Waals surface area contributed by atoms with Gasteiger partial charge >= 0.3 is 120 Å². The van der Waals surface area contributed by atoms with Crippen molar-refractivity contribution < 1.29 is 34.2 Å². The molecule has 0 unspecified atom stereocenters. The molecule has 0 spiro atoms. The van der Waals surface area contributed by atoms with Crippen LogP contribution in [0.1, 0.15) is 5.56 Å². The van der Waals surface area contributed by atoms with Gasteiger partial charge in [0.2, 0.25) is 0 Å². The van der Waals surface area contributed by atoms with E-state index in [1.807, 2.05) is 37.2 Å². The van der Waals surface area contributed by atoms with E-state index in [2.05, 4.69) is 54.3 Å². The molecule has 6 heteroatoms. The minimum atomic E-state index is 1.05. The zero-order chi connectivity index (χ0) is 16.3. The molecule has 0 saturated heterocycles. The van der Waals surface area contributed by atoms with Crippen molar-refractivity contribution in [1.29, 1.82) is 0 Å². The molecule has 1 rings (SSSR count). The van der Waals surface area contributed by atoms with Crippen molar-refractivity contribution in [2.75, 3.05) is 14.1 Å². The van der Waals surface area contributed by atoms with Crippen LogP contribution in [-0.4, -0.2) is 23.5 Å².